The zero-order chi connectivity index (χ0) is 6.69. The minimum absolute atomic E-state index is 0.458. The van der Waals surface area contributed by atoms with Crippen molar-refractivity contribution in [3.63, 3.8) is 0 Å². The van der Waals surface area contributed by atoms with Crippen molar-refractivity contribution in [1.82, 2.24) is 4.98 Å². The molecule has 2 nitrogen and oxygen atoms in total. The molecule has 1 atom stereocenters. The molecule has 0 aliphatic heterocycles. The van der Waals surface area contributed by atoms with Crippen molar-refractivity contribution in [2.24, 2.45) is 0 Å². The van der Waals surface area contributed by atoms with Crippen molar-refractivity contribution in [3.05, 3.63) is 18.4 Å². The van der Waals surface area contributed by atoms with Crippen molar-refractivity contribution in [2.75, 3.05) is 0 Å². The molecular formula is C7H11NO. The molecule has 0 amide bonds. The minimum Gasteiger partial charge on any atom is -0.449 e. The number of nitrogens with zero attached hydrogens (tertiary/aromatic N) is 1. The van der Waals surface area contributed by atoms with E-state index in [0.29, 0.717) is 5.92 Å². The van der Waals surface area contributed by atoms with E-state index in [0.717, 1.165) is 12.3 Å². The molecule has 0 radical (unpaired) electrons. The van der Waals surface area contributed by atoms with Gasteiger partial charge in [0.05, 0.1) is 6.20 Å². The Morgan fingerprint density at radius 2 is 2.56 bits per heavy atom. The van der Waals surface area contributed by atoms with Crippen LogP contribution in [0, 0.1) is 0 Å². The summed E-state index contributed by atoms with van der Waals surface area (Å²) in [5.41, 5.74) is 0. The maximum Gasteiger partial charge on any atom is 0.196 e. The molecule has 0 saturated carbocycles. The van der Waals surface area contributed by atoms with Crippen molar-refractivity contribution in [2.45, 2.75) is 26.2 Å². The van der Waals surface area contributed by atoms with Gasteiger partial charge < -0.3 is 4.42 Å². The van der Waals surface area contributed by atoms with Crippen LogP contribution in [-0.2, 0) is 0 Å². The third-order valence-electron chi connectivity index (χ3n) is 1.49. The fraction of sp³-hybridized carbons (Fsp3) is 0.571. The number of aromatic nitrogens is 1. The summed E-state index contributed by atoms with van der Waals surface area (Å²) >= 11 is 0. The quantitative estimate of drug-likeness (QED) is 0.605. The highest BCUT2D eigenvalue weighted by Crippen LogP contribution is 2.14. The minimum atomic E-state index is 0.458. The Bertz CT molecular complexity index is 157. The Balaban J connectivity index is 2.65. The predicted octanol–water partition coefficient (Wildman–Crippen LogP) is 2.19. The second-order valence-electron chi connectivity index (χ2n) is 2.18. The van der Waals surface area contributed by atoms with Gasteiger partial charge in [-0.05, 0) is 6.42 Å². The van der Waals surface area contributed by atoms with Gasteiger partial charge in [0.1, 0.15) is 6.26 Å². The molecule has 0 fully saturated rings. The molecule has 0 saturated heterocycles. The van der Waals surface area contributed by atoms with Gasteiger partial charge >= 0.3 is 0 Å². The number of rotatable bonds is 2. The average Bonchev–Trinajstić information content (AvgIpc) is 2.37. The second kappa shape index (κ2) is 2.67. The molecule has 0 spiro atoms. The summed E-state index contributed by atoms with van der Waals surface area (Å²) in [7, 11) is 0. The van der Waals surface area contributed by atoms with Crippen LogP contribution in [0.15, 0.2) is 16.9 Å². The van der Waals surface area contributed by atoms with E-state index in [9.17, 15) is 0 Å². The Labute approximate surface area is 54.9 Å². The predicted molar refractivity (Wildman–Crippen MR) is 35.2 cm³/mol. The SMILES string of the molecule is CCC(C)c1ncco1. The molecule has 1 aromatic rings. The largest absolute Gasteiger partial charge is 0.449 e. The monoisotopic (exact) mass is 125 g/mol. The van der Waals surface area contributed by atoms with E-state index < -0.39 is 0 Å². The summed E-state index contributed by atoms with van der Waals surface area (Å²) in [5, 5.41) is 0. The summed E-state index contributed by atoms with van der Waals surface area (Å²) in [5.74, 6) is 1.30. The molecular weight excluding hydrogens is 114 g/mol. The van der Waals surface area contributed by atoms with Gasteiger partial charge in [-0.3, -0.25) is 0 Å². The van der Waals surface area contributed by atoms with Crippen LogP contribution in [0.25, 0.3) is 0 Å². The van der Waals surface area contributed by atoms with E-state index in [4.69, 9.17) is 4.42 Å². The van der Waals surface area contributed by atoms with Gasteiger partial charge in [0, 0.05) is 5.92 Å². The highest BCUT2D eigenvalue weighted by atomic mass is 16.3. The number of oxazole rings is 1. The average molecular weight is 125 g/mol. The first-order valence-corrected chi connectivity index (χ1v) is 3.24. The topological polar surface area (TPSA) is 26.0 Å². The molecule has 50 valence electrons. The van der Waals surface area contributed by atoms with Gasteiger partial charge in [-0.25, -0.2) is 4.98 Å². The standard InChI is InChI=1S/C7H11NO/c1-3-6(2)7-8-4-5-9-7/h4-6H,3H2,1-2H3. The van der Waals surface area contributed by atoms with Gasteiger partial charge in [-0.2, -0.15) is 0 Å². The molecule has 9 heavy (non-hydrogen) atoms. The van der Waals surface area contributed by atoms with Crippen LogP contribution >= 0.6 is 0 Å². The van der Waals surface area contributed by atoms with Crippen LogP contribution in [0.5, 0.6) is 0 Å². The van der Waals surface area contributed by atoms with Crippen molar-refractivity contribution < 1.29 is 4.42 Å². The highest BCUT2D eigenvalue weighted by molar-refractivity contribution is 4.87. The zero-order valence-corrected chi connectivity index (χ0v) is 5.79. The van der Waals surface area contributed by atoms with E-state index in [1.54, 1.807) is 12.5 Å². The summed E-state index contributed by atoms with van der Waals surface area (Å²) < 4.78 is 5.08. The highest BCUT2D eigenvalue weighted by Gasteiger charge is 2.05. The molecule has 1 rings (SSSR count). The third-order valence-corrected chi connectivity index (χ3v) is 1.49. The molecule has 0 aliphatic rings. The zero-order valence-electron chi connectivity index (χ0n) is 5.79. The lowest BCUT2D eigenvalue weighted by Gasteiger charge is -1.99. The lowest BCUT2D eigenvalue weighted by atomic mass is 10.1. The lowest BCUT2D eigenvalue weighted by Crippen LogP contribution is -1.89. The summed E-state index contributed by atoms with van der Waals surface area (Å²) in [6, 6.07) is 0. The van der Waals surface area contributed by atoms with Gasteiger partial charge in [0.15, 0.2) is 5.89 Å². The maximum absolute atomic E-state index is 5.08. The van der Waals surface area contributed by atoms with E-state index in [2.05, 4.69) is 18.8 Å². The van der Waals surface area contributed by atoms with Crippen LogP contribution in [0.4, 0.5) is 0 Å². The van der Waals surface area contributed by atoms with Gasteiger partial charge in [0.25, 0.3) is 0 Å². The van der Waals surface area contributed by atoms with E-state index in [1.807, 2.05) is 0 Å². The van der Waals surface area contributed by atoms with Crippen molar-refractivity contribution in [3.8, 4) is 0 Å². The Morgan fingerprint density at radius 1 is 1.78 bits per heavy atom. The van der Waals surface area contributed by atoms with Crippen LogP contribution < -0.4 is 0 Å². The third kappa shape index (κ3) is 1.31. The van der Waals surface area contributed by atoms with E-state index in [1.165, 1.54) is 0 Å². The second-order valence-corrected chi connectivity index (χ2v) is 2.18. The molecule has 0 bridgehead atoms. The van der Waals surface area contributed by atoms with Crippen LogP contribution in [0.3, 0.4) is 0 Å². The fourth-order valence-corrected chi connectivity index (χ4v) is 0.652. The summed E-state index contributed by atoms with van der Waals surface area (Å²) in [6.07, 6.45) is 4.38. The molecule has 1 aromatic heterocycles. The molecule has 0 aliphatic carbocycles. The fourth-order valence-electron chi connectivity index (χ4n) is 0.652. The summed E-state index contributed by atoms with van der Waals surface area (Å²) in [4.78, 5) is 4.02. The Kier molecular flexibility index (Phi) is 1.88. The van der Waals surface area contributed by atoms with E-state index in [-0.39, 0.29) is 0 Å². The first-order valence-electron chi connectivity index (χ1n) is 3.24. The number of hydrogen-bond acceptors (Lipinski definition) is 2. The van der Waals surface area contributed by atoms with Gasteiger partial charge in [-0.15, -0.1) is 0 Å². The summed E-state index contributed by atoms with van der Waals surface area (Å²) in [6.45, 7) is 4.22. The van der Waals surface area contributed by atoms with Crippen molar-refractivity contribution in [1.29, 1.82) is 0 Å². The Hall–Kier alpha value is -0.790. The maximum atomic E-state index is 5.08. The molecule has 2 heteroatoms. The molecule has 1 heterocycles. The van der Waals surface area contributed by atoms with Crippen molar-refractivity contribution >= 4 is 0 Å². The normalized spacial score (nSPS) is 13.6. The van der Waals surface area contributed by atoms with Crippen LogP contribution in [0.2, 0.25) is 0 Å². The first kappa shape index (κ1) is 6.33. The molecule has 0 aromatic carbocycles. The van der Waals surface area contributed by atoms with Gasteiger partial charge in [-0.1, -0.05) is 13.8 Å². The lowest BCUT2D eigenvalue weighted by molar-refractivity contribution is 0.453. The van der Waals surface area contributed by atoms with Gasteiger partial charge in [0.2, 0.25) is 0 Å². The molecule has 1 unspecified atom stereocenters. The Morgan fingerprint density at radius 3 is 3.00 bits per heavy atom. The van der Waals surface area contributed by atoms with Crippen LogP contribution in [0.1, 0.15) is 32.1 Å². The first-order chi connectivity index (χ1) is 4.34. The smallest absolute Gasteiger partial charge is 0.196 e. The van der Waals surface area contributed by atoms with Crippen LogP contribution in [-0.4, -0.2) is 4.98 Å². The number of hydrogen-bond donors (Lipinski definition) is 0. The van der Waals surface area contributed by atoms with E-state index >= 15 is 0 Å². The molecule has 0 N–H and O–H groups in total.